The van der Waals surface area contributed by atoms with Crippen molar-refractivity contribution in [3.8, 4) is 0 Å². The van der Waals surface area contributed by atoms with Crippen molar-refractivity contribution in [3.05, 3.63) is 36.0 Å². The van der Waals surface area contributed by atoms with Gasteiger partial charge in [-0.15, -0.1) is 0 Å². The van der Waals surface area contributed by atoms with Crippen LogP contribution in [0.5, 0.6) is 0 Å². The zero-order chi connectivity index (χ0) is 14.0. The summed E-state index contributed by atoms with van der Waals surface area (Å²) in [6.45, 7) is -0.0354. The Hall–Kier alpha value is -0.890. The number of halogens is 1. The Morgan fingerprint density at radius 1 is 1.42 bits per heavy atom. The molecule has 0 aliphatic carbocycles. The van der Waals surface area contributed by atoms with Gasteiger partial charge in [0.1, 0.15) is 4.66 Å². The molecule has 19 heavy (non-hydrogen) atoms. The van der Waals surface area contributed by atoms with Gasteiger partial charge in [-0.25, -0.2) is 13.1 Å². The van der Waals surface area contributed by atoms with Crippen LogP contribution in [0.25, 0.3) is 10.9 Å². The van der Waals surface area contributed by atoms with E-state index < -0.39 is 16.1 Å². The van der Waals surface area contributed by atoms with Gasteiger partial charge in [-0.3, -0.25) is 0 Å². The number of alkyl halides is 1. The zero-order valence-electron chi connectivity index (χ0n) is 10.4. The van der Waals surface area contributed by atoms with Crippen LogP contribution in [0, 0.1) is 0 Å². The largest absolute Gasteiger partial charge is 0.387 e. The smallest absolute Gasteiger partial charge is 0.221 e. The van der Waals surface area contributed by atoms with Crippen LogP contribution in [0.4, 0.5) is 0 Å². The zero-order valence-corrected chi connectivity index (χ0v) is 12.8. The van der Waals surface area contributed by atoms with Crippen LogP contribution < -0.4 is 4.72 Å². The van der Waals surface area contributed by atoms with E-state index in [1.54, 1.807) is 6.07 Å². The topological polar surface area (TPSA) is 71.3 Å². The summed E-state index contributed by atoms with van der Waals surface area (Å²) in [6.07, 6.45) is 1.08. The highest BCUT2D eigenvalue weighted by atomic mass is 79.9. The lowest BCUT2D eigenvalue weighted by molar-refractivity contribution is 0.182. The molecule has 0 saturated carbocycles. The number of aromatic nitrogens is 1. The van der Waals surface area contributed by atoms with Crippen LogP contribution in [-0.4, -0.2) is 29.3 Å². The predicted molar refractivity (Wildman–Crippen MR) is 78.6 cm³/mol. The van der Waals surface area contributed by atoms with Crippen molar-refractivity contribution in [1.82, 2.24) is 9.29 Å². The fourth-order valence-electron chi connectivity index (χ4n) is 1.87. The quantitative estimate of drug-likeness (QED) is 0.805. The molecular formula is C12H15BrN2O3S. The number of aliphatic hydroxyl groups is 1. The fourth-order valence-corrected chi connectivity index (χ4v) is 2.84. The lowest BCUT2D eigenvalue weighted by atomic mass is 10.1. The molecule has 0 saturated heterocycles. The lowest BCUT2D eigenvalue weighted by Gasteiger charge is -2.12. The Labute approximate surface area is 120 Å². The SMILES string of the molecule is Cn1ccc2cc(C(O)CNS(=O)(=O)CBr)ccc21. The number of aliphatic hydroxyl groups excluding tert-OH is 1. The van der Waals surface area contributed by atoms with Gasteiger partial charge in [0.25, 0.3) is 0 Å². The van der Waals surface area contributed by atoms with Crippen LogP contribution >= 0.6 is 15.9 Å². The minimum absolute atomic E-state index is 0.0354. The molecule has 1 heterocycles. The summed E-state index contributed by atoms with van der Waals surface area (Å²) < 4.78 is 26.7. The summed E-state index contributed by atoms with van der Waals surface area (Å²) in [5.41, 5.74) is 1.76. The molecule has 1 atom stereocenters. The van der Waals surface area contributed by atoms with Gasteiger partial charge in [0.05, 0.1) is 6.10 Å². The second kappa shape index (κ2) is 5.62. The predicted octanol–water partition coefficient (Wildman–Crippen LogP) is 1.48. The summed E-state index contributed by atoms with van der Waals surface area (Å²) in [7, 11) is -1.41. The molecule has 0 bridgehead atoms. The first-order chi connectivity index (χ1) is 8.93. The summed E-state index contributed by atoms with van der Waals surface area (Å²) in [6, 6.07) is 7.53. The van der Waals surface area contributed by atoms with E-state index in [2.05, 4.69) is 20.7 Å². The molecule has 0 spiro atoms. The van der Waals surface area contributed by atoms with Gasteiger partial charge in [-0.2, -0.15) is 0 Å². The number of hydrogen-bond acceptors (Lipinski definition) is 3. The standard InChI is InChI=1S/C12H15BrN2O3S/c1-15-5-4-9-6-10(2-3-11(9)15)12(16)7-14-19(17,18)8-13/h2-6,12,14,16H,7-8H2,1H3. The Kier molecular flexibility index (Phi) is 4.29. The van der Waals surface area contributed by atoms with Gasteiger partial charge in [0.2, 0.25) is 10.0 Å². The monoisotopic (exact) mass is 346 g/mol. The van der Waals surface area contributed by atoms with E-state index in [4.69, 9.17) is 0 Å². The third kappa shape index (κ3) is 3.36. The van der Waals surface area contributed by atoms with Crippen molar-refractivity contribution >= 4 is 36.9 Å². The molecule has 0 aliphatic heterocycles. The maximum absolute atomic E-state index is 11.3. The first-order valence-corrected chi connectivity index (χ1v) is 8.46. The first-order valence-electron chi connectivity index (χ1n) is 5.69. The summed E-state index contributed by atoms with van der Waals surface area (Å²) >= 11 is 2.88. The number of nitrogens with one attached hydrogen (secondary N) is 1. The van der Waals surface area contributed by atoms with Crippen LogP contribution in [-0.2, 0) is 17.1 Å². The van der Waals surface area contributed by atoms with Gasteiger partial charge in [0, 0.05) is 25.3 Å². The summed E-state index contributed by atoms with van der Waals surface area (Å²) in [5, 5.41) is 11.0. The molecule has 1 unspecified atom stereocenters. The van der Waals surface area contributed by atoms with Crippen molar-refractivity contribution in [2.75, 3.05) is 11.2 Å². The lowest BCUT2D eigenvalue weighted by Crippen LogP contribution is -2.29. The van der Waals surface area contributed by atoms with E-state index >= 15 is 0 Å². The Morgan fingerprint density at radius 3 is 2.84 bits per heavy atom. The van der Waals surface area contributed by atoms with Crippen LogP contribution in [0.1, 0.15) is 11.7 Å². The molecule has 104 valence electrons. The molecule has 0 radical (unpaired) electrons. The second-order valence-electron chi connectivity index (χ2n) is 4.33. The van der Waals surface area contributed by atoms with Crippen LogP contribution in [0.3, 0.4) is 0 Å². The molecule has 0 amide bonds. The van der Waals surface area contributed by atoms with Crippen LogP contribution in [0.2, 0.25) is 0 Å². The van der Waals surface area contributed by atoms with E-state index in [0.29, 0.717) is 5.56 Å². The molecule has 1 aromatic carbocycles. The Bertz CT molecular complexity index is 681. The van der Waals surface area contributed by atoms with Crippen molar-refractivity contribution in [1.29, 1.82) is 0 Å². The summed E-state index contributed by atoms with van der Waals surface area (Å²) in [4.78, 5) is 0. The number of sulfonamides is 1. The van der Waals surface area contributed by atoms with E-state index in [1.807, 2.05) is 36.0 Å². The molecule has 5 nitrogen and oxygen atoms in total. The third-order valence-corrected chi connectivity index (χ3v) is 5.64. The van der Waals surface area contributed by atoms with Crippen molar-refractivity contribution in [3.63, 3.8) is 0 Å². The number of nitrogens with zero attached hydrogens (tertiary/aromatic N) is 1. The number of hydrogen-bond donors (Lipinski definition) is 2. The molecular weight excluding hydrogens is 332 g/mol. The molecule has 0 aliphatic rings. The van der Waals surface area contributed by atoms with Gasteiger partial charge >= 0.3 is 0 Å². The number of fused-ring (bicyclic) bond motifs is 1. The molecule has 1 aromatic heterocycles. The number of aryl methyl sites for hydroxylation is 1. The minimum atomic E-state index is -3.36. The second-order valence-corrected chi connectivity index (χ2v) is 7.44. The van der Waals surface area contributed by atoms with Gasteiger partial charge in [0.15, 0.2) is 0 Å². The van der Waals surface area contributed by atoms with E-state index in [1.165, 1.54) is 0 Å². The average molecular weight is 347 g/mol. The number of rotatable bonds is 5. The van der Waals surface area contributed by atoms with E-state index in [0.717, 1.165) is 10.9 Å². The maximum atomic E-state index is 11.3. The highest BCUT2D eigenvalue weighted by Crippen LogP contribution is 2.20. The van der Waals surface area contributed by atoms with Gasteiger partial charge < -0.3 is 9.67 Å². The van der Waals surface area contributed by atoms with Gasteiger partial charge in [-0.1, -0.05) is 22.0 Å². The number of benzene rings is 1. The highest BCUT2D eigenvalue weighted by molar-refractivity contribution is 9.10. The maximum Gasteiger partial charge on any atom is 0.221 e. The van der Waals surface area contributed by atoms with Crippen LogP contribution in [0.15, 0.2) is 30.5 Å². The minimum Gasteiger partial charge on any atom is -0.387 e. The Balaban J connectivity index is 2.15. The molecule has 2 N–H and O–H groups in total. The van der Waals surface area contributed by atoms with Crippen molar-refractivity contribution in [2.24, 2.45) is 7.05 Å². The highest BCUT2D eigenvalue weighted by Gasteiger charge is 2.13. The van der Waals surface area contributed by atoms with Gasteiger partial charge in [-0.05, 0) is 29.1 Å². The van der Waals surface area contributed by atoms with E-state index in [-0.39, 0.29) is 11.2 Å². The van der Waals surface area contributed by atoms with Crippen molar-refractivity contribution < 1.29 is 13.5 Å². The molecule has 7 heteroatoms. The van der Waals surface area contributed by atoms with E-state index in [9.17, 15) is 13.5 Å². The average Bonchev–Trinajstić information content (AvgIpc) is 2.77. The molecule has 0 fully saturated rings. The molecule has 2 aromatic rings. The summed E-state index contributed by atoms with van der Waals surface area (Å²) in [5.74, 6) is 0. The normalized spacial score (nSPS) is 13.8. The first kappa shape index (κ1) is 14.5. The molecule has 2 rings (SSSR count). The fraction of sp³-hybridized carbons (Fsp3) is 0.333. The Morgan fingerprint density at radius 2 is 2.16 bits per heavy atom. The third-order valence-electron chi connectivity index (χ3n) is 2.93. The van der Waals surface area contributed by atoms with Crippen molar-refractivity contribution in [2.45, 2.75) is 6.10 Å².